The van der Waals surface area contributed by atoms with Gasteiger partial charge in [0, 0.05) is 6.42 Å². The topological polar surface area (TPSA) is 69.4 Å². The van der Waals surface area contributed by atoms with E-state index in [1.165, 1.54) is 5.56 Å². The van der Waals surface area contributed by atoms with Crippen LogP contribution in [0.1, 0.15) is 45.1 Å². The molecule has 2 N–H and O–H groups in total. The van der Waals surface area contributed by atoms with E-state index in [-0.39, 0.29) is 0 Å². The number of primary amides is 1. The number of rotatable bonds is 9. The molecular weight excluding hydrogens is 266 g/mol. The number of ether oxygens (including phenoxy) is 1. The summed E-state index contributed by atoms with van der Waals surface area (Å²) in [5, 5.41) is 0. The third-order valence-electron chi connectivity index (χ3n) is 3.53. The fourth-order valence-corrected chi connectivity index (χ4v) is 2.68. The van der Waals surface area contributed by atoms with Crippen molar-refractivity contribution < 1.29 is 14.3 Å². The minimum Gasteiger partial charge on any atom is -0.444 e. The van der Waals surface area contributed by atoms with E-state index in [0.717, 1.165) is 25.5 Å². The zero-order valence-electron chi connectivity index (χ0n) is 12.9. The minimum atomic E-state index is -0.753. The van der Waals surface area contributed by atoms with E-state index in [2.05, 4.69) is 12.1 Å². The number of hydrogen-bond acceptors (Lipinski definition) is 3. The molecule has 0 aromatic heterocycles. The van der Waals surface area contributed by atoms with Gasteiger partial charge in [-0.2, -0.15) is 0 Å². The smallest absolute Gasteiger partial charge is 0.405 e. The average molecular weight is 291 g/mol. The van der Waals surface area contributed by atoms with Crippen molar-refractivity contribution in [2.24, 2.45) is 11.7 Å². The third kappa shape index (κ3) is 7.49. The van der Waals surface area contributed by atoms with Gasteiger partial charge in [-0.05, 0) is 51.0 Å². The molecule has 0 spiro atoms. The molecule has 1 aromatic rings. The number of benzene rings is 1. The number of nitrogens with two attached hydrogens (primary N) is 1. The lowest BCUT2D eigenvalue weighted by Gasteiger charge is -2.29. The number of carbonyl (C=O) groups is 2. The summed E-state index contributed by atoms with van der Waals surface area (Å²) >= 11 is 0. The second-order valence-electron chi connectivity index (χ2n) is 6.02. The van der Waals surface area contributed by atoms with Crippen LogP contribution in [0.2, 0.25) is 0 Å². The molecule has 0 saturated carbocycles. The first-order valence-corrected chi connectivity index (χ1v) is 7.39. The molecule has 1 atom stereocenters. The summed E-state index contributed by atoms with van der Waals surface area (Å²) in [6.45, 7) is 3.71. The van der Waals surface area contributed by atoms with E-state index in [9.17, 15) is 9.59 Å². The monoisotopic (exact) mass is 291 g/mol. The molecule has 4 heteroatoms. The van der Waals surface area contributed by atoms with Crippen LogP contribution in [0, 0.1) is 5.92 Å². The van der Waals surface area contributed by atoms with Crippen molar-refractivity contribution in [2.75, 3.05) is 0 Å². The van der Waals surface area contributed by atoms with Gasteiger partial charge >= 0.3 is 6.09 Å². The molecule has 0 fully saturated rings. The Labute approximate surface area is 126 Å². The Bertz CT molecular complexity index is 443. The lowest BCUT2D eigenvalue weighted by Crippen LogP contribution is -2.33. The van der Waals surface area contributed by atoms with E-state index in [0.29, 0.717) is 18.8 Å². The Balaban J connectivity index is 2.58. The molecular formula is C17H25NO3. The Hall–Kier alpha value is -1.84. The molecule has 0 unspecified atom stereocenters. The minimum absolute atomic E-state index is 0.324. The van der Waals surface area contributed by atoms with Crippen molar-refractivity contribution in [3.05, 3.63) is 35.9 Å². The zero-order valence-corrected chi connectivity index (χ0v) is 12.9. The molecule has 0 bridgehead atoms. The molecule has 0 heterocycles. The van der Waals surface area contributed by atoms with Crippen molar-refractivity contribution in [1.29, 1.82) is 0 Å². The van der Waals surface area contributed by atoms with Crippen molar-refractivity contribution in [1.82, 2.24) is 0 Å². The quantitative estimate of drug-likeness (QED) is 0.708. The maximum absolute atomic E-state index is 10.9. The number of carbonyl (C=O) groups excluding carboxylic acids is 2. The molecule has 0 radical (unpaired) electrons. The zero-order chi connectivity index (χ0) is 15.7. The van der Waals surface area contributed by atoms with Crippen LogP contribution in [0.15, 0.2) is 30.3 Å². The van der Waals surface area contributed by atoms with Crippen LogP contribution in [0.3, 0.4) is 0 Å². The first-order valence-electron chi connectivity index (χ1n) is 7.39. The molecule has 0 aliphatic heterocycles. The van der Waals surface area contributed by atoms with Gasteiger partial charge in [0.05, 0.1) is 0 Å². The Morgan fingerprint density at radius 3 is 2.52 bits per heavy atom. The first-order chi connectivity index (χ1) is 9.93. The van der Waals surface area contributed by atoms with Crippen molar-refractivity contribution in [3.8, 4) is 0 Å². The van der Waals surface area contributed by atoms with Gasteiger partial charge in [0.15, 0.2) is 0 Å². The van der Waals surface area contributed by atoms with Crippen LogP contribution in [0.4, 0.5) is 4.79 Å². The Morgan fingerprint density at radius 1 is 1.29 bits per heavy atom. The molecule has 116 valence electrons. The second kappa shape index (κ2) is 8.45. The Kier molecular flexibility index (Phi) is 6.92. The van der Waals surface area contributed by atoms with Crippen LogP contribution < -0.4 is 5.73 Å². The predicted octanol–water partition coefficient (Wildman–Crippen LogP) is 3.48. The summed E-state index contributed by atoms with van der Waals surface area (Å²) < 4.78 is 5.15. The highest BCUT2D eigenvalue weighted by atomic mass is 16.6. The molecule has 4 nitrogen and oxygen atoms in total. The lowest BCUT2D eigenvalue weighted by molar-refractivity contribution is -0.108. The highest BCUT2D eigenvalue weighted by Gasteiger charge is 2.26. The molecule has 0 aliphatic rings. The number of aryl methyl sites for hydroxylation is 1. The van der Waals surface area contributed by atoms with Gasteiger partial charge < -0.3 is 15.3 Å². The summed E-state index contributed by atoms with van der Waals surface area (Å²) in [6, 6.07) is 10.2. The molecule has 1 rings (SSSR count). The largest absolute Gasteiger partial charge is 0.444 e. The molecule has 0 aliphatic carbocycles. The van der Waals surface area contributed by atoms with Gasteiger partial charge in [0.25, 0.3) is 0 Å². The van der Waals surface area contributed by atoms with Gasteiger partial charge in [-0.15, -0.1) is 0 Å². The van der Waals surface area contributed by atoms with Gasteiger partial charge in [-0.3, -0.25) is 0 Å². The first kappa shape index (κ1) is 17.2. The maximum atomic E-state index is 10.9. The molecule has 1 amide bonds. The molecule has 1 aromatic carbocycles. The summed E-state index contributed by atoms with van der Waals surface area (Å²) in [4.78, 5) is 21.6. The van der Waals surface area contributed by atoms with E-state index in [4.69, 9.17) is 10.5 Å². The summed E-state index contributed by atoms with van der Waals surface area (Å²) in [5.74, 6) is 0.324. The summed E-state index contributed by atoms with van der Waals surface area (Å²) in [5.41, 5.74) is 5.78. The van der Waals surface area contributed by atoms with Gasteiger partial charge in [-0.1, -0.05) is 30.3 Å². The van der Waals surface area contributed by atoms with Crippen molar-refractivity contribution in [3.63, 3.8) is 0 Å². The number of hydrogen-bond donors (Lipinski definition) is 1. The van der Waals surface area contributed by atoms with Gasteiger partial charge in [-0.25, -0.2) is 4.79 Å². The molecule has 21 heavy (non-hydrogen) atoms. The second-order valence-corrected chi connectivity index (χ2v) is 6.02. The van der Waals surface area contributed by atoms with Crippen LogP contribution >= 0.6 is 0 Å². The van der Waals surface area contributed by atoms with Crippen molar-refractivity contribution >= 4 is 12.4 Å². The van der Waals surface area contributed by atoms with Crippen LogP contribution in [-0.4, -0.2) is 18.0 Å². The highest BCUT2D eigenvalue weighted by Crippen LogP contribution is 2.27. The van der Waals surface area contributed by atoms with E-state index in [1.807, 2.05) is 32.0 Å². The number of aldehydes is 1. The van der Waals surface area contributed by atoms with Gasteiger partial charge in [0.2, 0.25) is 0 Å². The van der Waals surface area contributed by atoms with E-state index in [1.54, 1.807) is 0 Å². The van der Waals surface area contributed by atoms with Crippen molar-refractivity contribution in [2.45, 2.75) is 51.6 Å². The normalized spacial score (nSPS) is 12.7. The predicted molar refractivity (Wildman–Crippen MR) is 82.9 cm³/mol. The van der Waals surface area contributed by atoms with E-state index < -0.39 is 11.7 Å². The lowest BCUT2D eigenvalue weighted by atomic mass is 9.86. The van der Waals surface area contributed by atoms with Crippen LogP contribution in [0.5, 0.6) is 0 Å². The standard InChI is InChI=1S/C17H25NO3/c1-17(2,21-16(18)20)13-15(9-6-12-19)11-10-14-7-4-3-5-8-14/h3-5,7-8,12,15H,6,9-11,13H2,1-2H3,(H2,18,20)/t15-/m1/s1. The fourth-order valence-electron chi connectivity index (χ4n) is 2.68. The maximum Gasteiger partial charge on any atom is 0.405 e. The third-order valence-corrected chi connectivity index (χ3v) is 3.53. The SMILES string of the molecule is CC(C)(C[C@H](CCC=O)CCc1ccccc1)OC(N)=O. The highest BCUT2D eigenvalue weighted by molar-refractivity contribution is 5.65. The summed E-state index contributed by atoms with van der Waals surface area (Å²) in [7, 11) is 0. The summed E-state index contributed by atoms with van der Waals surface area (Å²) in [6.07, 6.45) is 4.15. The fraction of sp³-hybridized carbons (Fsp3) is 0.529. The van der Waals surface area contributed by atoms with E-state index >= 15 is 0 Å². The average Bonchev–Trinajstić information content (AvgIpc) is 2.41. The Morgan fingerprint density at radius 2 is 1.95 bits per heavy atom. The molecule has 0 saturated heterocycles. The van der Waals surface area contributed by atoms with Crippen LogP contribution in [0.25, 0.3) is 0 Å². The van der Waals surface area contributed by atoms with Crippen LogP contribution in [-0.2, 0) is 16.0 Å². The number of amides is 1. The van der Waals surface area contributed by atoms with Gasteiger partial charge in [0.1, 0.15) is 11.9 Å².